The highest BCUT2D eigenvalue weighted by Crippen LogP contribution is 2.08. The van der Waals surface area contributed by atoms with E-state index in [1.165, 1.54) is 10.8 Å². The largest absolute Gasteiger partial charge is 0.281 e. The molecule has 46 valence electrons. The summed E-state index contributed by atoms with van der Waals surface area (Å²) in [7, 11) is 3.10. The molecule has 0 aromatic heterocycles. The molecule has 0 aromatic carbocycles. The Morgan fingerprint density at radius 1 is 1.75 bits per heavy atom. The Morgan fingerprint density at radius 3 is 2.50 bits per heavy atom. The molecule has 0 aliphatic carbocycles. The molecule has 0 radical (unpaired) electrons. The Kier molecular flexibility index (Phi) is 5.32. The minimum Gasteiger partial charge on any atom is -0.281 e. The lowest BCUT2D eigenvalue weighted by Crippen LogP contribution is -1.78. The minimum absolute atomic E-state index is 0.941. The van der Waals surface area contributed by atoms with Crippen LogP contribution in [0.3, 0.4) is 0 Å². The fourth-order valence-corrected chi connectivity index (χ4v) is 0.994. The third-order valence-corrected chi connectivity index (χ3v) is 1.69. The highest BCUT2D eigenvalue weighted by Gasteiger charge is 1.83. The van der Waals surface area contributed by atoms with Gasteiger partial charge in [-0.25, -0.2) is 0 Å². The summed E-state index contributed by atoms with van der Waals surface area (Å²) in [5.41, 5.74) is 0. The lowest BCUT2D eigenvalue weighted by atomic mass is 10.6. The van der Waals surface area contributed by atoms with Gasteiger partial charge in [-0.05, 0) is 23.8 Å². The van der Waals surface area contributed by atoms with Crippen LogP contribution in [0.15, 0.2) is 17.1 Å². The van der Waals surface area contributed by atoms with Crippen molar-refractivity contribution in [2.24, 2.45) is 4.99 Å². The van der Waals surface area contributed by atoms with Crippen molar-refractivity contribution < 1.29 is 0 Å². The average Bonchev–Trinajstić information content (AvgIpc) is 1.83. The lowest BCUT2D eigenvalue weighted by molar-refractivity contribution is 1.47. The van der Waals surface area contributed by atoms with Gasteiger partial charge in [-0.15, -0.1) is 11.7 Å². The fourth-order valence-electron chi connectivity index (χ4n) is 0.288. The van der Waals surface area contributed by atoms with Gasteiger partial charge in [-0.1, -0.05) is 6.08 Å². The van der Waals surface area contributed by atoms with Crippen LogP contribution in [0, 0.1) is 0 Å². The number of allylic oxidation sites excluding steroid dienone is 1. The molecule has 0 spiro atoms. The van der Waals surface area contributed by atoms with Crippen LogP contribution in [0.1, 0.15) is 6.92 Å². The average molecular weight is 147 g/mol. The number of rotatable bonds is 1. The molecule has 0 fully saturated rings. The van der Waals surface area contributed by atoms with Crippen molar-refractivity contribution in [3.05, 3.63) is 12.2 Å². The minimum atomic E-state index is 0.941. The van der Waals surface area contributed by atoms with E-state index in [-0.39, 0.29) is 0 Å². The summed E-state index contributed by atoms with van der Waals surface area (Å²) in [5.74, 6) is 0. The van der Waals surface area contributed by atoms with Crippen molar-refractivity contribution in [3.63, 3.8) is 0 Å². The number of hydrogen-bond donors (Lipinski definition) is 1. The van der Waals surface area contributed by atoms with Crippen LogP contribution < -0.4 is 0 Å². The van der Waals surface area contributed by atoms with Crippen LogP contribution in [-0.2, 0) is 0 Å². The van der Waals surface area contributed by atoms with Gasteiger partial charge in [0.1, 0.15) is 5.04 Å². The SMILES string of the molecule is C/C=C\C(=N/C)SS. The zero-order chi connectivity index (χ0) is 6.41. The monoisotopic (exact) mass is 147 g/mol. The second kappa shape index (κ2) is 5.25. The maximum absolute atomic E-state index is 3.96. The van der Waals surface area contributed by atoms with E-state index >= 15 is 0 Å². The zero-order valence-corrected chi connectivity index (χ0v) is 6.67. The molecule has 0 aliphatic rings. The molecule has 0 heterocycles. The van der Waals surface area contributed by atoms with Crippen molar-refractivity contribution in [1.82, 2.24) is 0 Å². The summed E-state index contributed by atoms with van der Waals surface area (Å²) >= 11 is 3.96. The van der Waals surface area contributed by atoms with Gasteiger partial charge in [0, 0.05) is 7.05 Å². The van der Waals surface area contributed by atoms with E-state index in [9.17, 15) is 0 Å². The molecule has 3 heteroatoms. The van der Waals surface area contributed by atoms with Crippen LogP contribution in [0.5, 0.6) is 0 Å². The van der Waals surface area contributed by atoms with Crippen LogP contribution >= 0.6 is 22.5 Å². The van der Waals surface area contributed by atoms with E-state index in [2.05, 4.69) is 16.7 Å². The third kappa shape index (κ3) is 3.16. The highest BCUT2D eigenvalue weighted by atomic mass is 33.1. The van der Waals surface area contributed by atoms with E-state index in [1.54, 1.807) is 7.05 Å². The maximum atomic E-state index is 3.96. The van der Waals surface area contributed by atoms with Crippen molar-refractivity contribution in [2.75, 3.05) is 7.05 Å². The fraction of sp³-hybridized carbons (Fsp3) is 0.400. The first-order chi connectivity index (χ1) is 3.85. The first kappa shape index (κ1) is 8.11. The second-order valence-electron chi connectivity index (χ2n) is 1.15. The summed E-state index contributed by atoms with van der Waals surface area (Å²) in [5, 5.41) is 0.941. The predicted molar refractivity (Wildman–Crippen MR) is 44.8 cm³/mol. The number of nitrogens with zero attached hydrogens (tertiary/aromatic N) is 1. The number of aliphatic imine (C=N–C) groups is 1. The Bertz CT molecular complexity index is 104. The summed E-state index contributed by atoms with van der Waals surface area (Å²) in [6, 6.07) is 0. The van der Waals surface area contributed by atoms with Crippen LogP contribution in [-0.4, -0.2) is 12.1 Å². The Morgan fingerprint density at radius 2 is 2.38 bits per heavy atom. The van der Waals surface area contributed by atoms with Gasteiger partial charge in [0.2, 0.25) is 0 Å². The third-order valence-electron chi connectivity index (χ3n) is 0.623. The zero-order valence-electron chi connectivity index (χ0n) is 4.96. The maximum Gasteiger partial charge on any atom is 0.100 e. The van der Waals surface area contributed by atoms with Gasteiger partial charge < -0.3 is 0 Å². The van der Waals surface area contributed by atoms with Gasteiger partial charge in [-0.2, -0.15) is 0 Å². The first-order valence-electron chi connectivity index (χ1n) is 2.26. The summed E-state index contributed by atoms with van der Waals surface area (Å²) in [6.45, 7) is 1.95. The predicted octanol–water partition coefficient (Wildman–Crippen LogP) is 2.17. The molecule has 0 N–H and O–H groups in total. The quantitative estimate of drug-likeness (QED) is 0.259. The molecule has 8 heavy (non-hydrogen) atoms. The summed E-state index contributed by atoms with van der Waals surface area (Å²) in [6.07, 6.45) is 3.85. The van der Waals surface area contributed by atoms with Gasteiger partial charge in [0.15, 0.2) is 0 Å². The molecular weight excluding hydrogens is 138 g/mol. The molecule has 0 saturated carbocycles. The van der Waals surface area contributed by atoms with Crippen molar-refractivity contribution in [3.8, 4) is 0 Å². The van der Waals surface area contributed by atoms with Crippen LogP contribution in [0.25, 0.3) is 0 Å². The first-order valence-corrected chi connectivity index (χ1v) is 4.13. The van der Waals surface area contributed by atoms with E-state index in [1.807, 2.05) is 19.1 Å². The topological polar surface area (TPSA) is 12.4 Å². The summed E-state index contributed by atoms with van der Waals surface area (Å²) < 4.78 is 0. The Hall–Kier alpha value is 0.110. The lowest BCUT2D eigenvalue weighted by Gasteiger charge is -1.87. The number of thiol groups is 1. The van der Waals surface area contributed by atoms with Gasteiger partial charge in [-0.3, -0.25) is 4.99 Å². The Labute approximate surface area is 59.1 Å². The molecule has 0 atom stereocenters. The van der Waals surface area contributed by atoms with Gasteiger partial charge in [0.25, 0.3) is 0 Å². The molecular formula is C5H9NS2. The molecule has 0 aliphatic heterocycles. The molecule has 0 rings (SSSR count). The van der Waals surface area contributed by atoms with Crippen LogP contribution in [0.4, 0.5) is 0 Å². The van der Waals surface area contributed by atoms with E-state index in [4.69, 9.17) is 0 Å². The molecule has 0 unspecified atom stereocenters. The van der Waals surface area contributed by atoms with Crippen molar-refractivity contribution >= 4 is 27.5 Å². The van der Waals surface area contributed by atoms with Crippen molar-refractivity contribution in [2.45, 2.75) is 6.92 Å². The summed E-state index contributed by atoms with van der Waals surface area (Å²) in [4.78, 5) is 3.91. The molecule has 0 saturated heterocycles. The molecule has 0 aromatic rings. The van der Waals surface area contributed by atoms with E-state index < -0.39 is 0 Å². The second-order valence-corrected chi connectivity index (χ2v) is 2.30. The smallest absolute Gasteiger partial charge is 0.100 e. The molecule has 0 amide bonds. The van der Waals surface area contributed by atoms with E-state index in [0.29, 0.717) is 0 Å². The van der Waals surface area contributed by atoms with Gasteiger partial charge in [0.05, 0.1) is 0 Å². The number of hydrogen-bond acceptors (Lipinski definition) is 3. The Balaban J connectivity index is 3.72. The van der Waals surface area contributed by atoms with E-state index in [0.717, 1.165) is 5.04 Å². The normalized spacial score (nSPS) is 13.1. The van der Waals surface area contributed by atoms with Gasteiger partial charge >= 0.3 is 0 Å². The van der Waals surface area contributed by atoms with Crippen LogP contribution in [0.2, 0.25) is 0 Å². The van der Waals surface area contributed by atoms with Crippen molar-refractivity contribution in [1.29, 1.82) is 0 Å². The standard InChI is InChI=1S/C5H9NS2/c1-3-4-5(6-2)8-7/h3-4,7H,1-2H3/b4-3-,6-5+. The molecule has 1 nitrogen and oxygen atoms in total. The highest BCUT2D eigenvalue weighted by molar-refractivity contribution is 8.75. The molecule has 0 bridgehead atoms.